The van der Waals surface area contributed by atoms with Gasteiger partial charge in [0.1, 0.15) is 0 Å². The first kappa shape index (κ1) is 11.1. The third-order valence-electron chi connectivity index (χ3n) is 2.75. The van der Waals surface area contributed by atoms with Gasteiger partial charge in [0.2, 0.25) is 0 Å². The smallest absolute Gasteiger partial charge is 0.356 e. The molecule has 1 aliphatic heterocycles. The number of rotatable bonds is 2. The van der Waals surface area contributed by atoms with Crippen molar-refractivity contribution >= 4 is 40.5 Å². The van der Waals surface area contributed by atoms with Gasteiger partial charge in [-0.1, -0.05) is 34.3 Å². The van der Waals surface area contributed by atoms with Crippen LogP contribution in [-0.2, 0) is 0 Å². The zero-order chi connectivity index (χ0) is 11.1. The molecule has 0 spiro atoms. The van der Waals surface area contributed by atoms with Crippen LogP contribution in [-0.4, -0.2) is 20.1 Å². The molecule has 1 aliphatic rings. The van der Waals surface area contributed by atoms with E-state index >= 15 is 0 Å². The molecule has 0 bridgehead atoms. The van der Waals surface area contributed by atoms with Crippen molar-refractivity contribution in [2.75, 3.05) is 22.2 Å². The fourth-order valence-electron chi connectivity index (χ4n) is 2.08. The molecule has 0 fully saturated rings. The average Bonchev–Trinajstić information content (AvgIpc) is 2.43. The molecule has 0 unspecified atom stereocenters. The number of hydrogen-bond donors (Lipinski definition) is 0. The normalized spacial score (nSPS) is 18.1. The van der Waals surface area contributed by atoms with E-state index in [0.717, 1.165) is 13.1 Å². The molecule has 0 saturated heterocycles. The van der Waals surface area contributed by atoms with E-state index in [4.69, 9.17) is 22.2 Å². The van der Waals surface area contributed by atoms with Gasteiger partial charge in [0.15, 0.2) is 0 Å². The molecule has 15 heavy (non-hydrogen) atoms. The van der Waals surface area contributed by atoms with E-state index in [1.807, 2.05) is 12.1 Å². The standard InChI is InChI=1S/C10H14Cl2N2Si/c1-3-13-9-7-5-6-8-10(9)14(4-2)15(13,11)12/h5-8H,3-4H2,1-2H3. The molecule has 1 heterocycles. The Labute approximate surface area is 101 Å². The second kappa shape index (κ2) is 3.89. The van der Waals surface area contributed by atoms with Crippen LogP contribution in [0.4, 0.5) is 11.4 Å². The second-order valence-corrected chi connectivity index (χ2v) is 9.33. The highest BCUT2D eigenvalue weighted by Gasteiger charge is 2.50. The van der Waals surface area contributed by atoms with Gasteiger partial charge in [0, 0.05) is 13.1 Å². The highest BCUT2D eigenvalue weighted by Crippen LogP contribution is 2.45. The summed E-state index contributed by atoms with van der Waals surface area (Å²) in [6, 6.07) is 8.22. The fraction of sp³-hybridized carbons (Fsp3) is 0.400. The topological polar surface area (TPSA) is 6.48 Å². The zero-order valence-corrected chi connectivity index (χ0v) is 11.4. The van der Waals surface area contributed by atoms with Crippen LogP contribution < -0.4 is 9.13 Å². The van der Waals surface area contributed by atoms with Crippen molar-refractivity contribution in [3.8, 4) is 0 Å². The molecule has 0 N–H and O–H groups in total. The van der Waals surface area contributed by atoms with Crippen molar-refractivity contribution in [3.05, 3.63) is 24.3 Å². The predicted molar refractivity (Wildman–Crippen MR) is 69.9 cm³/mol. The lowest BCUT2D eigenvalue weighted by molar-refractivity contribution is 1.06. The minimum Gasteiger partial charge on any atom is -0.356 e. The molecule has 0 saturated carbocycles. The Morgan fingerprint density at radius 2 is 1.40 bits per heavy atom. The molecule has 0 aliphatic carbocycles. The van der Waals surface area contributed by atoms with Gasteiger partial charge in [0.05, 0.1) is 11.4 Å². The van der Waals surface area contributed by atoms with Crippen LogP contribution in [0.15, 0.2) is 24.3 Å². The number of nitrogens with zero attached hydrogens (tertiary/aromatic N) is 2. The summed E-state index contributed by atoms with van der Waals surface area (Å²) in [6.45, 7) is 5.88. The number of fused-ring (bicyclic) bond motifs is 1. The van der Waals surface area contributed by atoms with Crippen molar-refractivity contribution in [1.29, 1.82) is 0 Å². The van der Waals surface area contributed by atoms with Crippen molar-refractivity contribution in [2.24, 2.45) is 0 Å². The Balaban J connectivity index is 2.54. The molecule has 0 amide bonds. The van der Waals surface area contributed by atoms with Gasteiger partial charge >= 0.3 is 7.02 Å². The monoisotopic (exact) mass is 260 g/mol. The van der Waals surface area contributed by atoms with Gasteiger partial charge in [-0.3, -0.25) is 0 Å². The van der Waals surface area contributed by atoms with Crippen molar-refractivity contribution in [3.63, 3.8) is 0 Å². The van der Waals surface area contributed by atoms with Gasteiger partial charge in [-0.2, -0.15) is 0 Å². The molecule has 5 heteroatoms. The van der Waals surface area contributed by atoms with Gasteiger partial charge in [0.25, 0.3) is 0 Å². The summed E-state index contributed by atoms with van der Waals surface area (Å²) < 4.78 is 4.27. The Bertz CT molecular complexity index is 337. The first-order valence-corrected chi connectivity index (χ1v) is 9.06. The molecule has 1 aromatic rings. The van der Waals surface area contributed by atoms with Crippen LogP contribution in [0.25, 0.3) is 0 Å². The van der Waals surface area contributed by atoms with E-state index < -0.39 is 7.02 Å². The van der Waals surface area contributed by atoms with E-state index in [-0.39, 0.29) is 0 Å². The number of hydrogen-bond acceptors (Lipinski definition) is 2. The molecule has 0 atom stereocenters. The number of halogens is 2. The maximum atomic E-state index is 6.52. The lowest BCUT2D eigenvalue weighted by Gasteiger charge is -2.31. The first-order valence-electron chi connectivity index (χ1n) is 5.15. The number of benzene rings is 1. The van der Waals surface area contributed by atoms with Gasteiger partial charge < -0.3 is 9.13 Å². The lowest BCUT2D eigenvalue weighted by atomic mass is 10.2. The van der Waals surface area contributed by atoms with Crippen LogP contribution in [0.1, 0.15) is 13.8 Å². The third kappa shape index (κ3) is 1.53. The third-order valence-corrected chi connectivity index (χ3v) is 7.61. The Hall–Kier alpha value is -0.383. The van der Waals surface area contributed by atoms with Crippen LogP contribution in [0.5, 0.6) is 0 Å². The summed E-state index contributed by atoms with van der Waals surface area (Å²) in [5.41, 5.74) is 2.33. The van der Waals surface area contributed by atoms with Gasteiger partial charge in [-0.05, 0) is 26.0 Å². The first-order chi connectivity index (χ1) is 7.12. The summed E-state index contributed by atoms with van der Waals surface area (Å²) in [7, 11) is -2.49. The van der Waals surface area contributed by atoms with Crippen molar-refractivity contribution in [2.45, 2.75) is 13.8 Å². The Kier molecular flexibility index (Phi) is 2.88. The predicted octanol–water partition coefficient (Wildman–Crippen LogP) is 3.27. The molecule has 1 aromatic carbocycles. The summed E-state index contributed by atoms with van der Waals surface area (Å²) in [6.07, 6.45) is 0. The molecule has 0 radical (unpaired) electrons. The van der Waals surface area contributed by atoms with Gasteiger partial charge in [-0.15, -0.1) is 0 Å². The molecule has 2 rings (SSSR count). The molecular weight excluding hydrogens is 247 g/mol. The van der Waals surface area contributed by atoms with Crippen LogP contribution in [0.3, 0.4) is 0 Å². The quantitative estimate of drug-likeness (QED) is 0.595. The van der Waals surface area contributed by atoms with Crippen LogP contribution in [0, 0.1) is 0 Å². The number of para-hydroxylation sites is 2. The molecule has 82 valence electrons. The molecule has 2 nitrogen and oxygen atoms in total. The minimum absolute atomic E-state index is 0.854. The fourth-order valence-corrected chi connectivity index (χ4v) is 6.61. The van der Waals surface area contributed by atoms with Gasteiger partial charge in [-0.25, -0.2) is 0 Å². The highest BCUT2D eigenvalue weighted by molar-refractivity contribution is 7.48. The maximum Gasteiger partial charge on any atom is 0.470 e. The summed E-state index contributed by atoms with van der Waals surface area (Å²) in [4.78, 5) is 0. The van der Waals surface area contributed by atoms with E-state index in [1.54, 1.807) is 0 Å². The van der Waals surface area contributed by atoms with Crippen LogP contribution >= 0.6 is 22.2 Å². The average molecular weight is 261 g/mol. The second-order valence-electron chi connectivity index (χ2n) is 3.49. The molecule has 0 aromatic heterocycles. The summed E-state index contributed by atoms with van der Waals surface area (Å²) in [5.74, 6) is 0. The van der Waals surface area contributed by atoms with E-state index in [2.05, 4.69) is 35.1 Å². The number of anilines is 2. The van der Waals surface area contributed by atoms with Crippen LogP contribution in [0.2, 0.25) is 0 Å². The Morgan fingerprint density at radius 1 is 1.00 bits per heavy atom. The van der Waals surface area contributed by atoms with E-state index in [9.17, 15) is 0 Å². The Morgan fingerprint density at radius 3 is 1.73 bits per heavy atom. The maximum absolute atomic E-state index is 6.52. The summed E-state index contributed by atoms with van der Waals surface area (Å²) in [5, 5.41) is 0. The molecular formula is C10H14Cl2N2Si. The SMILES string of the molecule is CCN1c2ccccc2N(CC)[Si]1(Cl)Cl. The van der Waals surface area contributed by atoms with E-state index in [1.165, 1.54) is 11.4 Å². The van der Waals surface area contributed by atoms with Crippen molar-refractivity contribution in [1.82, 2.24) is 0 Å². The highest BCUT2D eigenvalue weighted by atomic mass is 35.7. The lowest BCUT2D eigenvalue weighted by Crippen LogP contribution is -2.54. The zero-order valence-electron chi connectivity index (χ0n) is 8.87. The van der Waals surface area contributed by atoms with E-state index in [0.29, 0.717) is 0 Å². The van der Waals surface area contributed by atoms with Crippen molar-refractivity contribution < 1.29 is 0 Å². The largest absolute Gasteiger partial charge is 0.470 e. The minimum atomic E-state index is -2.49. The summed E-state index contributed by atoms with van der Waals surface area (Å²) >= 11 is 13.0.